The van der Waals surface area contributed by atoms with Gasteiger partial charge in [0.05, 0.1) is 5.56 Å². The maximum Gasteiger partial charge on any atom is 0.338 e. The zero-order valence-corrected chi connectivity index (χ0v) is 17.0. The van der Waals surface area contributed by atoms with Crippen molar-refractivity contribution in [2.24, 2.45) is 4.99 Å². The number of esters is 1. The number of ether oxygens (including phenoxy) is 1. The van der Waals surface area contributed by atoms with Gasteiger partial charge in [0.25, 0.3) is 0 Å². The summed E-state index contributed by atoms with van der Waals surface area (Å²) in [6, 6.07) is 22.9. The molecule has 1 heterocycles. The van der Waals surface area contributed by atoms with Crippen LogP contribution in [0.5, 0.6) is 0 Å². The van der Waals surface area contributed by atoms with Crippen LogP contribution in [-0.4, -0.2) is 30.5 Å². The molecule has 6 nitrogen and oxygen atoms in total. The second kappa shape index (κ2) is 11.4. The molecule has 0 aliphatic carbocycles. The number of carbonyl (C=O) groups excluding carboxylic acids is 1. The molecule has 0 saturated carbocycles. The van der Waals surface area contributed by atoms with E-state index in [2.05, 4.69) is 20.6 Å². The van der Waals surface area contributed by atoms with E-state index in [0.717, 1.165) is 29.8 Å². The van der Waals surface area contributed by atoms with Crippen molar-refractivity contribution in [2.45, 2.75) is 19.6 Å². The summed E-state index contributed by atoms with van der Waals surface area (Å²) in [5.74, 6) is 0.363. The van der Waals surface area contributed by atoms with Crippen LogP contribution in [0.25, 0.3) is 0 Å². The van der Waals surface area contributed by atoms with Crippen molar-refractivity contribution < 1.29 is 9.53 Å². The van der Waals surface area contributed by atoms with Crippen LogP contribution in [0.15, 0.2) is 84.0 Å². The monoisotopic (exact) mass is 402 g/mol. The molecule has 0 radical (unpaired) electrons. The highest BCUT2D eigenvalue weighted by Gasteiger charge is 2.08. The molecule has 0 fully saturated rings. The Morgan fingerprint density at radius 2 is 1.77 bits per heavy atom. The van der Waals surface area contributed by atoms with Gasteiger partial charge < -0.3 is 15.4 Å². The smallest absolute Gasteiger partial charge is 0.338 e. The van der Waals surface area contributed by atoms with E-state index in [4.69, 9.17) is 4.74 Å². The van der Waals surface area contributed by atoms with E-state index in [1.165, 1.54) is 0 Å². The van der Waals surface area contributed by atoms with Gasteiger partial charge >= 0.3 is 5.97 Å². The fourth-order valence-corrected chi connectivity index (χ4v) is 2.88. The third-order valence-electron chi connectivity index (χ3n) is 4.46. The van der Waals surface area contributed by atoms with Gasteiger partial charge in [-0.25, -0.2) is 4.79 Å². The molecule has 0 bridgehead atoms. The van der Waals surface area contributed by atoms with E-state index in [1.807, 2.05) is 66.7 Å². The van der Waals surface area contributed by atoms with Gasteiger partial charge in [0, 0.05) is 38.4 Å². The number of nitrogens with zero attached hydrogens (tertiary/aromatic N) is 2. The highest BCUT2D eigenvalue weighted by atomic mass is 16.5. The third-order valence-corrected chi connectivity index (χ3v) is 4.46. The van der Waals surface area contributed by atoms with E-state index < -0.39 is 0 Å². The lowest BCUT2D eigenvalue weighted by atomic mass is 10.1. The number of rotatable bonds is 8. The minimum absolute atomic E-state index is 0.259. The molecule has 1 aromatic heterocycles. The highest BCUT2D eigenvalue weighted by Crippen LogP contribution is 2.09. The quantitative estimate of drug-likeness (QED) is 0.343. The summed E-state index contributed by atoms with van der Waals surface area (Å²) < 4.78 is 5.41. The summed E-state index contributed by atoms with van der Waals surface area (Å²) in [6.07, 6.45) is 2.60. The zero-order chi connectivity index (χ0) is 21.0. The topological polar surface area (TPSA) is 75.6 Å². The van der Waals surface area contributed by atoms with Crippen molar-refractivity contribution in [3.8, 4) is 0 Å². The molecule has 0 atom stereocenters. The van der Waals surface area contributed by atoms with Gasteiger partial charge in [-0.2, -0.15) is 0 Å². The number of aliphatic imine (C=N–C) groups is 1. The largest absolute Gasteiger partial charge is 0.457 e. The Kier molecular flexibility index (Phi) is 7.97. The van der Waals surface area contributed by atoms with Crippen molar-refractivity contribution in [1.82, 2.24) is 15.6 Å². The van der Waals surface area contributed by atoms with E-state index in [0.29, 0.717) is 18.1 Å². The molecule has 2 N–H and O–H groups in total. The number of guanidine groups is 1. The second-order valence-electron chi connectivity index (χ2n) is 6.69. The third kappa shape index (κ3) is 6.74. The normalized spacial score (nSPS) is 11.0. The maximum atomic E-state index is 12.4. The zero-order valence-electron chi connectivity index (χ0n) is 17.0. The van der Waals surface area contributed by atoms with Crippen LogP contribution in [0.3, 0.4) is 0 Å². The Hall–Kier alpha value is -3.67. The molecule has 3 rings (SSSR count). The number of nitrogens with one attached hydrogen (secondary N) is 2. The van der Waals surface area contributed by atoms with Crippen LogP contribution in [0.2, 0.25) is 0 Å². The van der Waals surface area contributed by atoms with Crippen LogP contribution in [0.1, 0.15) is 27.2 Å². The van der Waals surface area contributed by atoms with Gasteiger partial charge in [-0.1, -0.05) is 48.5 Å². The molecular weight excluding hydrogens is 376 g/mol. The second-order valence-corrected chi connectivity index (χ2v) is 6.69. The van der Waals surface area contributed by atoms with Crippen LogP contribution in [0.4, 0.5) is 0 Å². The van der Waals surface area contributed by atoms with E-state index in [-0.39, 0.29) is 12.6 Å². The maximum absolute atomic E-state index is 12.4. The first-order valence-corrected chi connectivity index (χ1v) is 9.89. The number of hydrogen-bond acceptors (Lipinski definition) is 4. The molecule has 0 aliphatic rings. The lowest BCUT2D eigenvalue weighted by Crippen LogP contribution is -2.37. The number of hydrogen-bond donors (Lipinski definition) is 2. The fraction of sp³-hybridized carbons (Fsp3) is 0.208. The Bertz CT molecular complexity index is 959. The van der Waals surface area contributed by atoms with Crippen LogP contribution >= 0.6 is 0 Å². The summed E-state index contributed by atoms with van der Waals surface area (Å²) in [5.41, 5.74) is 3.49. The van der Waals surface area contributed by atoms with Crippen molar-refractivity contribution in [3.63, 3.8) is 0 Å². The van der Waals surface area contributed by atoms with Crippen molar-refractivity contribution in [2.75, 3.05) is 13.6 Å². The first kappa shape index (κ1) is 21.0. The van der Waals surface area contributed by atoms with Gasteiger partial charge in [0.15, 0.2) is 5.96 Å². The Morgan fingerprint density at radius 3 is 2.53 bits per heavy atom. The van der Waals surface area contributed by atoms with E-state index in [1.54, 1.807) is 19.3 Å². The van der Waals surface area contributed by atoms with Gasteiger partial charge in [0.1, 0.15) is 6.61 Å². The predicted octanol–water partition coefficient (Wildman–Crippen LogP) is 3.35. The molecule has 0 unspecified atom stereocenters. The molecule has 0 saturated heterocycles. The number of aromatic nitrogens is 1. The van der Waals surface area contributed by atoms with Crippen molar-refractivity contribution in [1.29, 1.82) is 0 Å². The van der Waals surface area contributed by atoms with Crippen molar-refractivity contribution >= 4 is 11.9 Å². The Labute approximate surface area is 177 Å². The summed E-state index contributed by atoms with van der Waals surface area (Å²) in [4.78, 5) is 20.9. The number of benzene rings is 2. The molecule has 0 aliphatic heterocycles. The SMILES string of the molecule is CN=C(NCCc1ccccn1)NCc1cccc(C(=O)OCc2ccccc2)c1. The van der Waals surface area contributed by atoms with Crippen LogP contribution in [-0.2, 0) is 24.3 Å². The minimum Gasteiger partial charge on any atom is -0.457 e. The average Bonchev–Trinajstić information content (AvgIpc) is 2.81. The minimum atomic E-state index is -0.335. The fourth-order valence-electron chi connectivity index (χ4n) is 2.88. The number of pyridine rings is 1. The lowest BCUT2D eigenvalue weighted by Gasteiger charge is -2.12. The van der Waals surface area contributed by atoms with E-state index >= 15 is 0 Å². The molecule has 0 amide bonds. The summed E-state index contributed by atoms with van der Waals surface area (Å²) in [7, 11) is 1.73. The molecule has 30 heavy (non-hydrogen) atoms. The Morgan fingerprint density at radius 1 is 0.967 bits per heavy atom. The first-order chi connectivity index (χ1) is 14.7. The number of carbonyl (C=O) groups is 1. The molecule has 0 spiro atoms. The highest BCUT2D eigenvalue weighted by molar-refractivity contribution is 5.89. The average molecular weight is 402 g/mol. The summed E-state index contributed by atoms with van der Waals surface area (Å²) in [5, 5.41) is 6.53. The molecule has 3 aromatic rings. The summed E-state index contributed by atoms with van der Waals surface area (Å²) in [6.45, 7) is 1.53. The van der Waals surface area contributed by atoms with Gasteiger partial charge in [0.2, 0.25) is 0 Å². The molecule has 6 heteroatoms. The molecular formula is C24H26N4O2. The molecule has 154 valence electrons. The van der Waals surface area contributed by atoms with Gasteiger partial charge in [-0.15, -0.1) is 0 Å². The van der Waals surface area contributed by atoms with Gasteiger partial charge in [-0.3, -0.25) is 9.98 Å². The molecule has 2 aromatic carbocycles. The van der Waals surface area contributed by atoms with Crippen LogP contribution in [0, 0.1) is 0 Å². The first-order valence-electron chi connectivity index (χ1n) is 9.89. The van der Waals surface area contributed by atoms with E-state index in [9.17, 15) is 4.79 Å². The van der Waals surface area contributed by atoms with Crippen molar-refractivity contribution in [3.05, 3.63) is 101 Å². The Balaban J connectivity index is 1.47. The van der Waals surface area contributed by atoms with Gasteiger partial charge in [-0.05, 0) is 35.4 Å². The standard InChI is InChI=1S/C24H26N4O2/c1-25-24(27-15-13-22-12-5-6-14-26-22)28-17-20-10-7-11-21(16-20)23(29)30-18-19-8-3-2-4-9-19/h2-12,14,16H,13,15,17-18H2,1H3,(H2,25,27,28). The van der Waals surface area contributed by atoms with Crippen LogP contribution < -0.4 is 10.6 Å². The predicted molar refractivity (Wildman–Crippen MR) is 118 cm³/mol. The lowest BCUT2D eigenvalue weighted by molar-refractivity contribution is 0.0472. The summed E-state index contributed by atoms with van der Waals surface area (Å²) >= 11 is 0.